The first-order chi connectivity index (χ1) is 8.40. The first kappa shape index (κ1) is 13.3. The van der Waals surface area contributed by atoms with Crippen LogP contribution in [-0.4, -0.2) is 63.4 Å². The lowest BCUT2D eigenvalue weighted by molar-refractivity contribution is 0.0842. The van der Waals surface area contributed by atoms with Gasteiger partial charge in [0.1, 0.15) is 0 Å². The van der Waals surface area contributed by atoms with Crippen LogP contribution in [0.5, 0.6) is 0 Å². The summed E-state index contributed by atoms with van der Waals surface area (Å²) in [5.74, 6) is 0. The van der Waals surface area contributed by atoms with Gasteiger partial charge in [0, 0.05) is 39.3 Å². The number of rotatable bonds is 5. The minimum Gasteiger partial charge on any atom is -0.380 e. The van der Waals surface area contributed by atoms with Gasteiger partial charge in [0.25, 0.3) is 0 Å². The molecule has 1 aliphatic heterocycles. The Hall–Kier alpha value is -0.160. The Labute approximate surface area is 105 Å². The summed E-state index contributed by atoms with van der Waals surface area (Å²) >= 11 is 0. The van der Waals surface area contributed by atoms with Crippen molar-refractivity contribution in [3.63, 3.8) is 0 Å². The Morgan fingerprint density at radius 1 is 1.24 bits per heavy atom. The molecule has 1 saturated carbocycles. The van der Waals surface area contributed by atoms with Crippen molar-refractivity contribution < 1.29 is 4.74 Å². The molecule has 1 heterocycles. The molecule has 0 aromatic rings. The second-order valence-corrected chi connectivity index (χ2v) is 5.21. The van der Waals surface area contributed by atoms with E-state index in [0.29, 0.717) is 12.1 Å². The first-order valence-corrected chi connectivity index (χ1v) is 7.09. The Morgan fingerprint density at radius 3 is 3.06 bits per heavy atom. The number of hydrogen-bond acceptors (Lipinski definition) is 4. The highest BCUT2D eigenvalue weighted by Gasteiger charge is 2.26. The van der Waals surface area contributed by atoms with E-state index >= 15 is 0 Å². The molecule has 4 nitrogen and oxygen atoms in total. The molecule has 1 saturated heterocycles. The van der Waals surface area contributed by atoms with Crippen molar-refractivity contribution in [2.45, 2.75) is 37.8 Å². The van der Waals surface area contributed by atoms with Crippen molar-refractivity contribution in [3.8, 4) is 0 Å². The molecule has 2 aliphatic rings. The average Bonchev–Trinajstić information content (AvgIpc) is 2.64. The fourth-order valence-electron chi connectivity index (χ4n) is 2.97. The lowest BCUT2D eigenvalue weighted by Gasteiger charge is -2.23. The smallest absolute Gasteiger partial charge is 0.0724 e. The summed E-state index contributed by atoms with van der Waals surface area (Å²) in [6, 6.07) is 0.588. The third kappa shape index (κ3) is 4.21. The molecule has 0 spiro atoms. The van der Waals surface area contributed by atoms with Crippen molar-refractivity contribution in [1.82, 2.24) is 15.5 Å². The quantitative estimate of drug-likeness (QED) is 0.732. The van der Waals surface area contributed by atoms with E-state index in [1.54, 1.807) is 0 Å². The van der Waals surface area contributed by atoms with E-state index in [2.05, 4.69) is 15.5 Å². The zero-order valence-corrected chi connectivity index (χ0v) is 11.1. The van der Waals surface area contributed by atoms with Gasteiger partial charge in [-0.25, -0.2) is 0 Å². The minimum atomic E-state index is 0.445. The standard InChI is InChI=1S/C13H27N3O/c1-17-13-5-2-4-12(13)15-8-11-16-9-3-6-14-7-10-16/h12-15H,2-11H2,1H3. The van der Waals surface area contributed by atoms with Gasteiger partial charge in [-0.15, -0.1) is 0 Å². The fraction of sp³-hybridized carbons (Fsp3) is 1.00. The Balaban J connectivity index is 1.61. The molecule has 1 aliphatic carbocycles. The molecule has 0 bridgehead atoms. The van der Waals surface area contributed by atoms with Crippen molar-refractivity contribution in [2.75, 3.05) is 46.4 Å². The van der Waals surface area contributed by atoms with Crippen LogP contribution in [0, 0.1) is 0 Å². The molecule has 2 fully saturated rings. The van der Waals surface area contributed by atoms with E-state index < -0.39 is 0 Å². The first-order valence-electron chi connectivity index (χ1n) is 7.09. The summed E-state index contributed by atoms with van der Waals surface area (Å²) in [6.45, 7) is 7.04. The summed E-state index contributed by atoms with van der Waals surface area (Å²) in [4.78, 5) is 2.56. The molecular formula is C13H27N3O. The monoisotopic (exact) mass is 241 g/mol. The van der Waals surface area contributed by atoms with Crippen LogP contribution in [0.25, 0.3) is 0 Å². The van der Waals surface area contributed by atoms with Crippen molar-refractivity contribution in [1.29, 1.82) is 0 Å². The highest BCUT2D eigenvalue weighted by molar-refractivity contribution is 4.84. The molecule has 2 atom stereocenters. The molecule has 2 N–H and O–H groups in total. The zero-order valence-electron chi connectivity index (χ0n) is 11.1. The van der Waals surface area contributed by atoms with Crippen LogP contribution in [0.1, 0.15) is 25.7 Å². The predicted molar refractivity (Wildman–Crippen MR) is 70.4 cm³/mol. The number of ether oxygens (including phenoxy) is 1. The molecule has 4 heteroatoms. The third-order valence-electron chi connectivity index (χ3n) is 4.02. The maximum absolute atomic E-state index is 5.50. The summed E-state index contributed by atoms with van der Waals surface area (Å²) in [5.41, 5.74) is 0. The van der Waals surface area contributed by atoms with Crippen LogP contribution in [0.4, 0.5) is 0 Å². The van der Waals surface area contributed by atoms with Gasteiger partial charge < -0.3 is 20.3 Å². The normalized spacial score (nSPS) is 31.6. The summed E-state index contributed by atoms with van der Waals surface area (Å²) in [7, 11) is 1.84. The van der Waals surface area contributed by atoms with Crippen LogP contribution in [0.3, 0.4) is 0 Å². The largest absolute Gasteiger partial charge is 0.380 e. The summed E-state index contributed by atoms with van der Waals surface area (Å²) in [6.07, 6.45) is 5.54. The molecule has 2 rings (SSSR count). The van der Waals surface area contributed by atoms with Crippen LogP contribution in [0.15, 0.2) is 0 Å². The molecular weight excluding hydrogens is 214 g/mol. The van der Waals surface area contributed by atoms with Crippen LogP contribution in [-0.2, 0) is 4.74 Å². The van der Waals surface area contributed by atoms with Crippen molar-refractivity contribution in [3.05, 3.63) is 0 Å². The highest BCUT2D eigenvalue weighted by Crippen LogP contribution is 2.21. The van der Waals surface area contributed by atoms with Crippen LogP contribution < -0.4 is 10.6 Å². The van der Waals surface area contributed by atoms with Gasteiger partial charge in [0.15, 0.2) is 0 Å². The lowest BCUT2D eigenvalue weighted by atomic mass is 10.2. The van der Waals surface area contributed by atoms with Gasteiger partial charge in [0.2, 0.25) is 0 Å². The van der Waals surface area contributed by atoms with E-state index in [1.165, 1.54) is 51.9 Å². The van der Waals surface area contributed by atoms with Crippen molar-refractivity contribution >= 4 is 0 Å². The Morgan fingerprint density at radius 2 is 2.18 bits per heavy atom. The highest BCUT2D eigenvalue weighted by atomic mass is 16.5. The molecule has 0 radical (unpaired) electrons. The zero-order chi connectivity index (χ0) is 11.9. The van der Waals surface area contributed by atoms with Crippen molar-refractivity contribution in [2.24, 2.45) is 0 Å². The lowest BCUT2D eigenvalue weighted by Crippen LogP contribution is -2.42. The average molecular weight is 241 g/mol. The van der Waals surface area contributed by atoms with E-state index in [1.807, 2.05) is 7.11 Å². The molecule has 17 heavy (non-hydrogen) atoms. The fourth-order valence-corrected chi connectivity index (χ4v) is 2.97. The Kier molecular flexibility index (Phi) is 5.71. The van der Waals surface area contributed by atoms with Gasteiger partial charge in [-0.2, -0.15) is 0 Å². The van der Waals surface area contributed by atoms with E-state index in [0.717, 1.165) is 13.1 Å². The summed E-state index contributed by atoms with van der Waals surface area (Å²) < 4.78 is 5.50. The SMILES string of the molecule is COC1CCCC1NCCN1CCCNCC1. The number of hydrogen-bond donors (Lipinski definition) is 2. The van der Waals surface area contributed by atoms with Gasteiger partial charge in [-0.05, 0) is 38.8 Å². The van der Waals surface area contributed by atoms with E-state index in [9.17, 15) is 0 Å². The van der Waals surface area contributed by atoms with Gasteiger partial charge in [-0.1, -0.05) is 0 Å². The van der Waals surface area contributed by atoms with Gasteiger partial charge in [-0.3, -0.25) is 0 Å². The van der Waals surface area contributed by atoms with Gasteiger partial charge in [0.05, 0.1) is 6.10 Å². The van der Waals surface area contributed by atoms with Crippen LogP contribution in [0.2, 0.25) is 0 Å². The molecule has 100 valence electrons. The molecule has 2 unspecified atom stereocenters. The topological polar surface area (TPSA) is 36.5 Å². The summed E-state index contributed by atoms with van der Waals surface area (Å²) in [5, 5.41) is 7.11. The number of nitrogens with zero attached hydrogens (tertiary/aromatic N) is 1. The van der Waals surface area contributed by atoms with E-state index in [-0.39, 0.29) is 0 Å². The molecule has 0 aromatic carbocycles. The minimum absolute atomic E-state index is 0.445. The Bertz CT molecular complexity index is 205. The van der Waals surface area contributed by atoms with Crippen LogP contribution >= 0.6 is 0 Å². The maximum Gasteiger partial charge on any atom is 0.0724 e. The predicted octanol–water partition coefficient (Wildman–Crippen LogP) is 0.439. The third-order valence-corrected chi connectivity index (χ3v) is 4.02. The molecule has 0 amide bonds. The number of nitrogens with one attached hydrogen (secondary N) is 2. The number of methoxy groups -OCH3 is 1. The molecule has 0 aromatic heterocycles. The second-order valence-electron chi connectivity index (χ2n) is 5.21. The maximum atomic E-state index is 5.50. The van der Waals surface area contributed by atoms with E-state index in [4.69, 9.17) is 4.74 Å². The second kappa shape index (κ2) is 7.31. The van der Waals surface area contributed by atoms with Gasteiger partial charge >= 0.3 is 0 Å².